The molecule has 0 spiro atoms. The Balaban J connectivity index is 1.81. The molecule has 0 fully saturated rings. The van der Waals surface area contributed by atoms with Gasteiger partial charge in [-0.3, -0.25) is 9.79 Å². The monoisotopic (exact) mass is 488 g/mol. The number of fused-ring (bicyclic) bond motifs is 1. The van der Waals surface area contributed by atoms with Gasteiger partial charge in [0.1, 0.15) is 5.01 Å². The Hall–Kier alpha value is -3.24. The average molecular weight is 489 g/mol. The molecular formula is C24H23F3N4O2S. The number of alkyl halides is 3. The van der Waals surface area contributed by atoms with E-state index in [0.29, 0.717) is 34.9 Å². The number of aliphatic hydroxyl groups is 1. The summed E-state index contributed by atoms with van der Waals surface area (Å²) in [5.41, 5.74) is 1.98. The number of hydrogen-bond donors (Lipinski definition) is 2. The lowest BCUT2D eigenvalue weighted by Gasteiger charge is -2.24. The molecule has 6 nitrogen and oxygen atoms in total. The third kappa shape index (κ3) is 4.97. The van der Waals surface area contributed by atoms with Gasteiger partial charge in [-0.25, -0.2) is 4.98 Å². The molecule has 178 valence electrons. The van der Waals surface area contributed by atoms with Crippen LogP contribution >= 0.6 is 11.3 Å². The summed E-state index contributed by atoms with van der Waals surface area (Å²) >= 11 is 1.39. The van der Waals surface area contributed by atoms with Crippen LogP contribution in [0.3, 0.4) is 0 Å². The number of carbonyl (C=O) groups excluding carboxylic acids is 1. The number of carbonyl (C=O) groups is 1. The molecule has 0 radical (unpaired) electrons. The zero-order valence-corrected chi connectivity index (χ0v) is 19.4. The summed E-state index contributed by atoms with van der Waals surface area (Å²) in [6, 6.07) is 9.66. The van der Waals surface area contributed by atoms with Gasteiger partial charge in [-0.2, -0.15) is 13.2 Å². The van der Waals surface area contributed by atoms with E-state index in [-0.39, 0.29) is 30.1 Å². The van der Waals surface area contributed by atoms with Crippen molar-refractivity contribution in [1.82, 2.24) is 4.98 Å². The molecule has 2 heterocycles. The number of thiazole rings is 1. The smallest absolute Gasteiger partial charge is 0.390 e. The number of benzene rings is 2. The van der Waals surface area contributed by atoms with Crippen LogP contribution in [-0.2, 0) is 17.6 Å². The van der Waals surface area contributed by atoms with Gasteiger partial charge in [-0.15, -0.1) is 11.3 Å². The summed E-state index contributed by atoms with van der Waals surface area (Å²) in [5, 5.41) is 14.3. The minimum atomic E-state index is -4.58. The zero-order chi connectivity index (χ0) is 24.5. The Kier molecular flexibility index (Phi) is 6.72. The topological polar surface area (TPSA) is 77.8 Å². The standard InChI is InChI=1S/C24H23F3N4O2S/c1-3-7-31(2)21-10-20-19(9-17(21)24(25,26)27)30-22(33)11-18(29-20)14-5-4-6-15(8-14)23-28-16(12-32)13-34-23/h4-6,8-10,13,32H,3,7,11-12H2,1-2H3,(H,30,33). The minimum Gasteiger partial charge on any atom is -0.390 e. The summed E-state index contributed by atoms with van der Waals surface area (Å²) in [4.78, 5) is 23.1. The number of amides is 1. The number of aliphatic hydroxyl groups excluding tert-OH is 1. The van der Waals surface area contributed by atoms with Gasteiger partial charge in [0.05, 0.1) is 47.1 Å². The fraction of sp³-hybridized carbons (Fsp3) is 0.292. The van der Waals surface area contributed by atoms with Crippen molar-refractivity contribution in [2.75, 3.05) is 23.8 Å². The van der Waals surface area contributed by atoms with Crippen molar-refractivity contribution in [3.05, 3.63) is 58.6 Å². The highest BCUT2D eigenvalue weighted by Crippen LogP contribution is 2.43. The van der Waals surface area contributed by atoms with Crippen molar-refractivity contribution in [2.45, 2.75) is 32.5 Å². The normalized spacial score (nSPS) is 13.7. The first-order valence-corrected chi connectivity index (χ1v) is 11.6. The van der Waals surface area contributed by atoms with E-state index in [2.05, 4.69) is 15.3 Å². The van der Waals surface area contributed by atoms with Crippen LogP contribution in [0.25, 0.3) is 10.6 Å². The van der Waals surface area contributed by atoms with Crippen molar-refractivity contribution in [2.24, 2.45) is 4.99 Å². The predicted octanol–water partition coefficient (Wildman–Crippen LogP) is 5.63. The first-order chi connectivity index (χ1) is 16.2. The van der Waals surface area contributed by atoms with Crippen LogP contribution < -0.4 is 10.2 Å². The van der Waals surface area contributed by atoms with Gasteiger partial charge in [0, 0.05) is 24.5 Å². The molecular weight excluding hydrogens is 465 g/mol. The number of aromatic nitrogens is 1. The summed E-state index contributed by atoms with van der Waals surface area (Å²) in [5.74, 6) is -0.442. The van der Waals surface area contributed by atoms with Crippen molar-refractivity contribution in [1.29, 1.82) is 0 Å². The molecule has 10 heteroatoms. The maximum absolute atomic E-state index is 13.8. The van der Waals surface area contributed by atoms with Crippen LogP contribution in [0.4, 0.5) is 30.2 Å². The van der Waals surface area contributed by atoms with Gasteiger partial charge in [0.15, 0.2) is 0 Å². The molecule has 1 aliphatic rings. The van der Waals surface area contributed by atoms with Gasteiger partial charge in [0.25, 0.3) is 0 Å². The molecule has 1 aliphatic heterocycles. The van der Waals surface area contributed by atoms with E-state index in [1.54, 1.807) is 23.4 Å². The van der Waals surface area contributed by atoms with Crippen molar-refractivity contribution in [3.8, 4) is 10.6 Å². The van der Waals surface area contributed by atoms with E-state index in [9.17, 15) is 23.1 Å². The maximum Gasteiger partial charge on any atom is 0.418 e. The first-order valence-electron chi connectivity index (χ1n) is 10.7. The molecule has 0 saturated carbocycles. The van der Waals surface area contributed by atoms with Crippen LogP contribution in [0.5, 0.6) is 0 Å². The Morgan fingerprint density at radius 1 is 1.21 bits per heavy atom. The second kappa shape index (κ2) is 9.55. The van der Waals surface area contributed by atoms with Gasteiger partial charge in [0.2, 0.25) is 5.91 Å². The molecule has 34 heavy (non-hydrogen) atoms. The lowest BCUT2D eigenvalue weighted by molar-refractivity contribution is -0.137. The van der Waals surface area contributed by atoms with E-state index in [1.807, 2.05) is 25.1 Å². The van der Waals surface area contributed by atoms with E-state index < -0.39 is 17.6 Å². The number of nitrogens with one attached hydrogen (secondary N) is 1. The lowest BCUT2D eigenvalue weighted by atomic mass is 10.0. The van der Waals surface area contributed by atoms with E-state index in [4.69, 9.17) is 0 Å². The first kappa shape index (κ1) is 23.9. The second-order valence-corrected chi connectivity index (χ2v) is 8.83. The van der Waals surface area contributed by atoms with Crippen LogP contribution in [0.2, 0.25) is 0 Å². The van der Waals surface area contributed by atoms with Crippen molar-refractivity contribution < 1.29 is 23.1 Å². The molecule has 1 amide bonds. The van der Waals surface area contributed by atoms with Gasteiger partial charge >= 0.3 is 6.18 Å². The van der Waals surface area contributed by atoms with Crippen molar-refractivity contribution in [3.63, 3.8) is 0 Å². The minimum absolute atomic E-state index is 0.0143. The number of hydrogen-bond acceptors (Lipinski definition) is 6. The van der Waals surface area contributed by atoms with Crippen molar-refractivity contribution >= 4 is 40.0 Å². The van der Waals surface area contributed by atoms with Gasteiger partial charge in [-0.1, -0.05) is 25.1 Å². The Morgan fingerprint density at radius 2 is 1.97 bits per heavy atom. The molecule has 0 atom stereocenters. The summed E-state index contributed by atoms with van der Waals surface area (Å²) in [6.45, 7) is 2.17. The maximum atomic E-state index is 13.8. The average Bonchev–Trinajstić information content (AvgIpc) is 3.21. The van der Waals surface area contributed by atoms with Gasteiger partial charge < -0.3 is 15.3 Å². The fourth-order valence-corrected chi connectivity index (χ4v) is 4.62. The predicted molar refractivity (Wildman–Crippen MR) is 128 cm³/mol. The third-order valence-corrected chi connectivity index (χ3v) is 6.34. The number of rotatable bonds is 6. The Labute approximate surface area is 198 Å². The summed E-state index contributed by atoms with van der Waals surface area (Å²) < 4.78 is 41.4. The fourth-order valence-electron chi connectivity index (χ4n) is 3.81. The number of halogens is 3. The molecule has 2 N–H and O–H groups in total. The zero-order valence-electron chi connectivity index (χ0n) is 18.6. The Bertz CT molecular complexity index is 1250. The molecule has 4 rings (SSSR count). The molecule has 2 aromatic carbocycles. The largest absolute Gasteiger partial charge is 0.418 e. The number of aliphatic imine (C=N–C) groups is 1. The highest BCUT2D eigenvalue weighted by atomic mass is 32.1. The molecule has 0 aliphatic carbocycles. The molecule has 0 saturated heterocycles. The summed E-state index contributed by atoms with van der Waals surface area (Å²) in [6.07, 6.45) is -3.98. The van der Waals surface area contributed by atoms with Crippen LogP contribution in [0.15, 0.2) is 46.8 Å². The van der Waals surface area contributed by atoms with Crippen LogP contribution in [0.1, 0.15) is 36.6 Å². The molecule has 0 bridgehead atoms. The van der Waals surface area contributed by atoms with E-state index >= 15 is 0 Å². The van der Waals surface area contributed by atoms with Gasteiger partial charge in [-0.05, 0) is 30.2 Å². The highest BCUT2D eigenvalue weighted by molar-refractivity contribution is 7.13. The quantitative estimate of drug-likeness (QED) is 0.471. The van der Waals surface area contributed by atoms with Crippen LogP contribution in [-0.4, -0.2) is 35.3 Å². The van der Waals surface area contributed by atoms with Crippen LogP contribution in [0, 0.1) is 0 Å². The Morgan fingerprint density at radius 3 is 2.65 bits per heavy atom. The molecule has 1 aromatic heterocycles. The third-order valence-electron chi connectivity index (χ3n) is 5.40. The SMILES string of the molecule is CCCN(C)c1cc2c(cc1C(F)(F)F)NC(=O)CC(c1cccc(-c3nc(CO)cs3)c1)=N2. The number of anilines is 2. The molecule has 0 unspecified atom stereocenters. The lowest BCUT2D eigenvalue weighted by Crippen LogP contribution is -2.22. The van der Waals surface area contributed by atoms with E-state index in [0.717, 1.165) is 11.6 Å². The summed E-state index contributed by atoms with van der Waals surface area (Å²) in [7, 11) is 1.61. The molecule has 3 aromatic rings. The number of nitrogens with zero attached hydrogens (tertiary/aromatic N) is 3. The highest BCUT2D eigenvalue weighted by Gasteiger charge is 2.36. The second-order valence-electron chi connectivity index (χ2n) is 7.97. The van der Waals surface area contributed by atoms with E-state index in [1.165, 1.54) is 17.4 Å².